The average Bonchev–Trinajstić information content (AvgIpc) is 2.84. The molecule has 2 aliphatic heterocycles. The number of rotatable bonds is 3. The lowest BCUT2D eigenvalue weighted by Gasteiger charge is -2.44. The summed E-state index contributed by atoms with van der Waals surface area (Å²) in [6.45, 7) is 12.1. The molecule has 0 bridgehead atoms. The molecule has 2 aromatic carbocycles. The number of halogens is 2. The minimum atomic E-state index is -0.559. The summed E-state index contributed by atoms with van der Waals surface area (Å²) >= 11 is 14.2. The third kappa shape index (κ3) is 5.34. The fourth-order valence-electron chi connectivity index (χ4n) is 5.07. The van der Waals surface area contributed by atoms with Crippen molar-refractivity contribution in [2.75, 3.05) is 16.8 Å². The lowest BCUT2D eigenvalue weighted by atomic mass is 9.83. The van der Waals surface area contributed by atoms with Crippen LogP contribution < -0.4 is 10.2 Å². The van der Waals surface area contributed by atoms with Gasteiger partial charge in [0.2, 0.25) is 5.95 Å². The lowest BCUT2D eigenvalue weighted by Crippen LogP contribution is -2.51. The van der Waals surface area contributed by atoms with Gasteiger partial charge in [0.25, 0.3) is 5.91 Å². The zero-order valence-corrected chi connectivity index (χ0v) is 25.5. The van der Waals surface area contributed by atoms with Gasteiger partial charge in [-0.2, -0.15) is 0 Å². The minimum Gasteiger partial charge on any atom is -0.444 e. The lowest BCUT2D eigenvalue weighted by molar-refractivity contribution is -0.000308. The summed E-state index contributed by atoms with van der Waals surface area (Å²) in [5, 5.41) is 4.39. The highest BCUT2D eigenvalue weighted by Crippen LogP contribution is 2.43. The Bertz CT molecular complexity index is 1490. The summed E-state index contributed by atoms with van der Waals surface area (Å²) in [4.78, 5) is 38.8. The molecule has 1 unspecified atom stereocenters. The van der Waals surface area contributed by atoms with Crippen molar-refractivity contribution in [1.82, 2.24) is 14.9 Å². The molecule has 5 rings (SSSR count). The summed E-state index contributed by atoms with van der Waals surface area (Å²) in [6, 6.07) is 11.2. The first kappa shape index (κ1) is 28.5. The highest BCUT2D eigenvalue weighted by molar-refractivity contribution is 8.00. The maximum absolute atomic E-state index is 13.4. The van der Waals surface area contributed by atoms with Gasteiger partial charge in [0, 0.05) is 18.4 Å². The Morgan fingerprint density at radius 3 is 2.55 bits per heavy atom. The monoisotopic (exact) mass is 599 g/mol. The number of ether oxygens (including phenoxy) is 1. The van der Waals surface area contributed by atoms with Gasteiger partial charge in [0.1, 0.15) is 10.6 Å². The standard InChI is InChI=1S/C29H31Cl2N5O3S/c1-16-36(23-21(30)8-7-9-22(23)31)25(37)19-15-32-26(34-24(19)40-16)33-18-10-11-20-17(14-18)12-13-35(29(20,5)6)27(38)39-28(2,3)4/h7-11,14-16H,12-13H2,1-6H3,(H,32,33,34). The number of hydrogen-bond donors (Lipinski definition) is 1. The van der Waals surface area contributed by atoms with Crippen molar-refractivity contribution >= 4 is 64.3 Å². The van der Waals surface area contributed by atoms with Gasteiger partial charge < -0.3 is 10.1 Å². The molecular formula is C29H31Cl2N5O3S. The number of fused-ring (bicyclic) bond motifs is 2. The van der Waals surface area contributed by atoms with Gasteiger partial charge in [-0.3, -0.25) is 14.6 Å². The molecular weight excluding hydrogens is 569 g/mol. The molecule has 2 amide bonds. The molecule has 3 heterocycles. The molecule has 40 heavy (non-hydrogen) atoms. The molecule has 0 spiro atoms. The van der Waals surface area contributed by atoms with E-state index in [9.17, 15) is 9.59 Å². The van der Waals surface area contributed by atoms with E-state index in [0.717, 1.165) is 16.8 Å². The van der Waals surface area contributed by atoms with Crippen molar-refractivity contribution < 1.29 is 14.3 Å². The van der Waals surface area contributed by atoms with Crippen molar-refractivity contribution in [3.8, 4) is 0 Å². The highest BCUT2D eigenvalue weighted by atomic mass is 35.5. The minimum absolute atomic E-state index is 0.256. The van der Waals surface area contributed by atoms with Crippen LogP contribution in [-0.4, -0.2) is 44.4 Å². The summed E-state index contributed by atoms with van der Waals surface area (Å²) in [5.74, 6) is 0.134. The summed E-state index contributed by atoms with van der Waals surface area (Å²) in [5.41, 5.74) is 2.81. The quantitative estimate of drug-likeness (QED) is 0.309. The van der Waals surface area contributed by atoms with Gasteiger partial charge in [-0.15, -0.1) is 0 Å². The van der Waals surface area contributed by atoms with E-state index in [1.807, 2.05) is 53.7 Å². The van der Waals surface area contributed by atoms with Crippen LogP contribution in [0.5, 0.6) is 0 Å². The predicted octanol–water partition coefficient (Wildman–Crippen LogP) is 7.65. The van der Waals surface area contributed by atoms with E-state index in [1.165, 1.54) is 18.0 Å². The van der Waals surface area contributed by atoms with Crippen LogP contribution in [0.2, 0.25) is 10.0 Å². The summed E-state index contributed by atoms with van der Waals surface area (Å²) in [6.07, 6.45) is 1.91. The fourth-order valence-corrected chi connectivity index (χ4v) is 6.69. The Morgan fingerprint density at radius 2 is 1.88 bits per heavy atom. The second kappa shape index (κ2) is 10.4. The van der Waals surface area contributed by atoms with Crippen LogP contribution in [0, 0.1) is 0 Å². The van der Waals surface area contributed by atoms with Gasteiger partial charge in [0.05, 0.1) is 32.2 Å². The Hall–Kier alpha value is -3.01. The number of hydrogen-bond acceptors (Lipinski definition) is 7. The molecule has 11 heteroatoms. The van der Waals surface area contributed by atoms with Crippen LogP contribution in [0.15, 0.2) is 47.6 Å². The molecule has 0 saturated carbocycles. The van der Waals surface area contributed by atoms with Gasteiger partial charge in [-0.05, 0) is 83.4 Å². The number of para-hydroxylation sites is 1. The SMILES string of the molecule is CC1Sc2nc(Nc3ccc4c(c3)CCN(C(=O)OC(C)(C)C)C4(C)C)ncc2C(=O)N1c1c(Cl)cccc1Cl. The Labute approximate surface area is 248 Å². The number of benzene rings is 2. The molecule has 0 aliphatic carbocycles. The first-order chi connectivity index (χ1) is 18.8. The van der Waals surface area contributed by atoms with Gasteiger partial charge in [-0.1, -0.05) is 47.1 Å². The largest absolute Gasteiger partial charge is 0.444 e. The van der Waals surface area contributed by atoms with E-state index in [4.69, 9.17) is 27.9 Å². The van der Waals surface area contributed by atoms with E-state index < -0.39 is 11.1 Å². The average molecular weight is 601 g/mol. The van der Waals surface area contributed by atoms with Crippen molar-refractivity contribution in [1.29, 1.82) is 0 Å². The first-order valence-electron chi connectivity index (χ1n) is 13.0. The van der Waals surface area contributed by atoms with Gasteiger partial charge in [-0.25, -0.2) is 14.8 Å². The Kier molecular flexibility index (Phi) is 7.44. The van der Waals surface area contributed by atoms with Crippen molar-refractivity contribution in [2.24, 2.45) is 0 Å². The second-order valence-corrected chi connectivity index (χ2v) is 13.4. The highest BCUT2D eigenvalue weighted by Gasteiger charge is 2.40. The van der Waals surface area contributed by atoms with Crippen molar-refractivity contribution in [3.05, 3.63) is 69.3 Å². The molecule has 0 saturated heterocycles. The van der Waals surface area contributed by atoms with Gasteiger partial charge in [0.15, 0.2) is 0 Å². The van der Waals surface area contributed by atoms with Gasteiger partial charge >= 0.3 is 6.09 Å². The number of nitrogens with one attached hydrogen (secondary N) is 1. The number of anilines is 3. The normalized spacial score (nSPS) is 18.2. The van der Waals surface area contributed by atoms with Crippen LogP contribution in [0.3, 0.4) is 0 Å². The zero-order valence-electron chi connectivity index (χ0n) is 23.2. The molecule has 0 radical (unpaired) electrons. The van der Waals surface area contributed by atoms with E-state index in [2.05, 4.69) is 21.4 Å². The number of carbonyl (C=O) groups is 2. The summed E-state index contributed by atoms with van der Waals surface area (Å²) < 4.78 is 5.65. The van der Waals surface area contributed by atoms with Crippen molar-refractivity contribution in [3.63, 3.8) is 0 Å². The maximum Gasteiger partial charge on any atom is 0.411 e. The van der Waals surface area contributed by atoms with Crippen LogP contribution in [-0.2, 0) is 16.7 Å². The number of carbonyl (C=O) groups excluding carboxylic acids is 2. The molecule has 3 aromatic rings. The smallest absolute Gasteiger partial charge is 0.411 e. The number of nitrogens with zero attached hydrogens (tertiary/aromatic N) is 4. The van der Waals surface area contributed by atoms with E-state index >= 15 is 0 Å². The van der Waals surface area contributed by atoms with E-state index in [0.29, 0.717) is 45.2 Å². The predicted molar refractivity (Wildman–Crippen MR) is 160 cm³/mol. The molecule has 1 N–H and O–H groups in total. The van der Waals surface area contributed by atoms with Crippen LogP contribution >= 0.6 is 35.0 Å². The van der Waals surface area contributed by atoms with E-state index in [-0.39, 0.29) is 17.4 Å². The third-order valence-electron chi connectivity index (χ3n) is 6.94. The molecule has 1 atom stereocenters. The fraction of sp³-hybridized carbons (Fsp3) is 0.379. The topological polar surface area (TPSA) is 87.7 Å². The van der Waals surface area contributed by atoms with Crippen LogP contribution in [0.25, 0.3) is 0 Å². The Morgan fingerprint density at radius 1 is 1.18 bits per heavy atom. The number of aromatic nitrogens is 2. The van der Waals surface area contributed by atoms with Crippen LogP contribution in [0.1, 0.15) is 63.0 Å². The second-order valence-electron chi connectivity index (χ2n) is 11.3. The number of thioether (sulfide) groups is 1. The Balaban J connectivity index is 1.36. The molecule has 0 fully saturated rings. The summed E-state index contributed by atoms with van der Waals surface area (Å²) in [7, 11) is 0. The molecule has 2 aliphatic rings. The number of amides is 2. The molecule has 1 aromatic heterocycles. The third-order valence-corrected chi connectivity index (χ3v) is 8.64. The first-order valence-corrected chi connectivity index (χ1v) is 14.6. The maximum atomic E-state index is 13.4. The molecule has 210 valence electrons. The molecule has 8 nitrogen and oxygen atoms in total. The van der Waals surface area contributed by atoms with E-state index in [1.54, 1.807) is 28.0 Å². The van der Waals surface area contributed by atoms with Crippen molar-refractivity contribution in [2.45, 2.75) is 69.5 Å². The van der Waals surface area contributed by atoms with Crippen LogP contribution in [0.4, 0.5) is 22.1 Å². The zero-order chi connectivity index (χ0) is 29.0.